The van der Waals surface area contributed by atoms with Gasteiger partial charge in [0.25, 0.3) is 0 Å². The van der Waals surface area contributed by atoms with Gasteiger partial charge < -0.3 is 24.4 Å². The van der Waals surface area contributed by atoms with Gasteiger partial charge in [0.15, 0.2) is 11.5 Å². The second-order valence-corrected chi connectivity index (χ2v) is 7.37. The molecule has 8 heteroatoms. The summed E-state index contributed by atoms with van der Waals surface area (Å²) in [6.45, 7) is 1.33. The van der Waals surface area contributed by atoms with Crippen molar-refractivity contribution in [2.75, 3.05) is 33.2 Å². The predicted octanol–water partition coefficient (Wildman–Crippen LogP) is 3.08. The van der Waals surface area contributed by atoms with Crippen LogP contribution in [0.2, 0.25) is 0 Å². The smallest absolute Gasteiger partial charge is 0.224 e. The number of ether oxygens (including phenoxy) is 3. The van der Waals surface area contributed by atoms with Gasteiger partial charge >= 0.3 is 0 Å². The Morgan fingerprint density at radius 1 is 1.07 bits per heavy atom. The molecule has 7 nitrogen and oxygen atoms in total. The minimum absolute atomic E-state index is 0.00808. The zero-order valence-electron chi connectivity index (χ0n) is 16.2. The molecule has 28 heavy (non-hydrogen) atoms. The molecule has 1 aromatic heterocycles. The highest BCUT2D eigenvalue weighted by Gasteiger charge is 2.22. The van der Waals surface area contributed by atoms with E-state index in [1.54, 1.807) is 23.5 Å². The van der Waals surface area contributed by atoms with E-state index in [0.29, 0.717) is 36.0 Å². The van der Waals surface area contributed by atoms with Gasteiger partial charge in [0.1, 0.15) is 0 Å². The van der Waals surface area contributed by atoms with E-state index in [4.69, 9.17) is 14.2 Å². The lowest BCUT2D eigenvalue weighted by molar-refractivity contribution is -0.133. The van der Waals surface area contributed by atoms with Crippen LogP contribution in [0.1, 0.15) is 23.3 Å². The number of carbonyl (C=O) groups excluding carboxylic acids is 2. The molecule has 0 aliphatic carbocycles. The van der Waals surface area contributed by atoms with E-state index in [-0.39, 0.29) is 24.7 Å². The molecule has 2 aromatic rings. The first-order valence-electron chi connectivity index (χ1n) is 8.99. The molecule has 1 N–H and O–H groups in total. The van der Waals surface area contributed by atoms with Crippen LogP contribution in [0.15, 0.2) is 23.6 Å². The van der Waals surface area contributed by atoms with E-state index in [1.165, 1.54) is 31.8 Å². The van der Waals surface area contributed by atoms with Gasteiger partial charge in [0.05, 0.1) is 27.0 Å². The van der Waals surface area contributed by atoms with Gasteiger partial charge in [-0.3, -0.25) is 9.59 Å². The lowest BCUT2D eigenvalue weighted by Crippen LogP contribution is -2.35. The van der Waals surface area contributed by atoms with Crippen molar-refractivity contribution >= 4 is 28.8 Å². The summed E-state index contributed by atoms with van der Waals surface area (Å²) in [5, 5.41) is 4.85. The number of anilines is 1. The van der Waals surface area contributed by atoms with Crippen molar-refractivity contribution in [3.63, 3.8) is 0 Å². The van der Waals surface area contributed by atoms with Crippen LogP contribution in [0.5, 0.6) is 17.2 Å². The van der Waals surface area contributed by atoms with Crippen molar-refractivity contribution < 1.29 is 23.8 Å². The summed E-state index contributed by atoms with van der Waals surface area (Å²) in [4.78, 5) is 28.0. The number of hydrogen-bond acceptors (Lipinski definition) is 6. The summed E-state index contributed by atoms with van der Waals surface area (Å²) >= 11 is 1.73. The number of amides is 2. The molecule has 0 fully saturated rings. The maximum Gasteiger partial charge on any atom is 0.224 e. The third-order valence-electron chi connectivity index (χ3n) is 4.70. The first-order valence-corrected chi connectivity index (χ1v) is 9.87. The fraction of sp³-hybridized carbons (Fsp3) is 0.400. The molecular weight excluding hydrogens is 380 g/mol. The van der Waals surface area contributed by atoms with Crippen LogP contribution < -0.4 is 19.5 Å². The number of carbonyl (C=O) groups is 2. The number of fused-ring (bicyclic) bond motifs is 1. The number of benzene rings is 1. The van der Waals surface area contributed by atoms with Crippen molar-refractivity contribution in [1.29, 1.82) is 0 Å². The molecule has 1 aliphatic rings. The highest BCUT2D eigenvalue weighted by Crippen LogP contribution is 2.42. The van der Waals surface area contributed by atoms with Crippen LogP contribution in [0.4, 0.5) is 5.69 Å². The molecule has 2 amide bonds. The third kappa shape index (κ3) is 4.22. The fourth-order valence-electron chi connectivity index (χ4n) is 3.25. The summed E-state index contributed by atoms with van der Waals surface area (Å²) in [5.74, 6) is 1.02. The zero-order valence-corrected chi connectivity index (χ0v) is 17.1. The normalized spacial score (nSPS) is 12.9. The van der Waals surface area contributed by atoms with Crippen molar-refractivity contribution in [3.05, 3.63) is 34.0 Å². The molecule has 0 radical (unpaired) electrons. The van der Waals surface area contributed by atoms with Crippen LogP contribution in [-0.4, -0.2) is 44.6 Å². The van der Waals surface area contributed by atoms with Gasteiger partial charge in [0.2, 0.25) is 17.6 Å². The third-order valence-corrected chi connectivity index (χ3v) is 5.73. The van der Waals surface area contributed by atoms with Crippen molar-refractivity contribution in [2.24, 2.45) is 0 Å². The summed E-state index contributed by atoms with van der Waals surface area (Å²) in [6.07, 6.45) is 1.15. The minimum atomic E-state index is -0.257. The molecule has 1 aromatic carbocycles. The minimum Gasteiger partial charge on any atom is -0.493 e. The van der Waals surface area contributed by atoms with Crippen LogP contribution in [-0.2, 0) is 22.6 Å². The quantitative estimate of drug-likeness (QED) is 0.767. The summed E-state index contributed by atoms with van der Waals surface area (Å²) in [5.41, 5.74) is 1.68. The van der Waals surface area contributed by atoms with Gasteiger partial charge in [-0.1, -0.05) is 0 Å². The maximum absolute atomic E-state index is 12.5. The van der Waals surface area contributed by atoms with E-state index in [2.05, 4.69) is 16.8 Å². The SMILES string of the molecule is COc1ccc(NC(=O)CCC(=O)N2CCc3sccc3C2)c(OC)c1OC. The molecule has 150 valence electrons. The fourth-order valence-corrected chi connectivity index (χ4v) is 4.14. The summed E-state index contributed by atoms with van der Waals surface area (Å²) < 4.78 is 15.9. The summed E-state index contributed by atoms with van der Waals surface area (Å²) in [7, 11) is 4.52. The number of nitrogens with one attached hydrogen (secondary N) is 1. The second-order valence-electron chi connectivity index (χ2n) is 6.36. The van der Waals surface area contributed by atoms with Crippen molar-refractivity contribution in [3.8, 4) is 17.2 Å². The van der Waals surface area contributed by atoms with Gasteiger partial charge in [0, 0.05) is 30.8 Å². The maximum atomic E-state index is 12.5. The van der Waals surface area contributed by atoms with Gasteiger partial charge in [-0.2, -0.15) is 0 Å². The van der Waals surface area contributed by atoms with Crippen LogP contribution in [0.3, 0.4) is 0 Å². The standard InChI is InChI=1S/C20H24N2O5S/c1-25-15-5-4-14(19(26-2)20(15)27-3)21-17(23)6-7-18(24)22-10-8-16-13(12-22)9-11-28-16/h4-5,9,11H,6-8,10,12H2,1-3H3,(H,21,23). The lowest BCUT2D eigenvalue weighted by atomic mass is 10.1. The predicted molar refractivity (Wildman–Crippen MR) is 107 cm³/mol. The van der Waals surface area contributed by atoms with E-state index in [9.17, 15) is 9.59 Å². The van der Waals surface area contributed by atoms with E-state index in [0.717, 1.165) is 6.42 Å². The summed E-state index contributed by atoms with van der Waals surface area (Å²) in [6, 6.07) is 5.44. The zero-order chi connectivity index (χ0) is 20.1. The van der Waals surface area contributed by atoms with Gasteiger partial charge in [-0.25, -0.2) is 0 Å². The average Bonchev–Trinajstić information content (AvgIpc) is 3.19. The van der Waals surface area contributed by atoms with Gasteiger partial charge in [-0.05, 0) is 35.6 Å². The van der Waals surface area contributed by atoms with Gasteiger partial charge in [-0.15, -0.1) is 11.3 Å². The molecular formula is C20H24N2O5S. The Morgan fingerprint density at radius 3 is 2.57 bits per heavy atom. The Balaban J connectivity index is 1.58. The highest BCUT2D eigenvalue weighted by molar-refractivity contribution is 7.10. The molecule has 0 spiro atoms. The number of nitrogens with zero attached hydrogens (tertiary/aromatic N) is 1. The first kappa shape index (κ1) is 20.0. The lowest BCUT2D eigenvalue weighted by Gasteiger charge is -2.27. The topological polar surface area (TPSA) is 77.1 Å². The first-order chi connectivity index (χ1) is 13.6. The molecule has 0 atom stereocenters. The van der Waals surface area contributed by atoms with Crippen molar-refractivity contribution in [1.82, 2.24) is 4.90 Å². The Labute approximate surface area is 168 Å². The molecule has 0 saturated heterocycles. The molecule has 0 unspecified atom stereocenters. The van der Waals surface area contributed by atoms with E-state index in [1.807, 2.05) is 4.90 Å². The Hall–Kier alpha value is -2.74. The number of thiophene rings is 1. The molecule has 0 bridgehead atoms. The average molecular weight is 404 g/mol. The second kappa shape index (κ2) is 8.97. The molecule has 0 saturated carbocycles. The molecule has 1 aliphatic heterocycles. The van der Waals surface area contributed by atoms with Crippen LogP contribution >= 0.6 is 11.3 Å². The largest absolute Gasteiger partial charge is 0.493 e. The van der Waals surface area contributed by atoms with Crippen LogP contribution in [0.25, 0.3) is 0 Å². The highest BCUT2D eigenvalue weighted by atomic mass is 32.1. The van der Waals surface area contributed by atoms with E-state index < -0.39 is 0 Å². The number of hydrogen-bond donors (Lipinski definition) is 1. The van der Waals surface area contributed by atoms with E-state index >= 15 is 0 Å². The number of rotatable bonds is 7. The Morgan fingerprint density at radius 2 is 1.86 bits per heavy atom. The Kier molecular flexibility index (Phi) is 6.41. The monoisotopic (exact) mass is 404 g/mol. The Bertz CT molecular complexity index is 864. The van der Waals surface area contributed by atoms with Crippen LogP contribution in [0, 0.1) is 0 Å². The molecule has 2 heterocycles. The van der Waals surface area contributed by atoms with Crippen molar-refractivity contribution in [2.45, 2.75) is 25.8 Å². The molecule has 3 rings (SSSR count). The number of methoxy groups -OCH3 is 3.